The molecule has 0 saturated carbocycles. The van der Waals surface area contributed by atoms with Gasteiger partial charge in [0.15, 0.2) is 0 Å². The van der Waals surface area contributed by atoms with Crippen LogP contribution < -0.4 is 5.32 Å². The average Bonchev–Trinajstić information content (AvgIpc) is 2.25. The van der Waals surface area contributed by atoms with E-state index >= 15 is 0 Å². The van der Waals surface area contributed by atoms with E-state index in [1.54, 1.807) is 0 Å². The van der Waals surface area contributed by atoms with Crippen molar-refractivity contribution in [3.63, 3.8) is 0 Å². The standard InChI is InChI=1S/C11H17NO2/c1-2-8-12-11(13)14-9-10-6-4-3-5-7-10/h4,6-7H,2-3,5,8-9H2,1H3,(H,12,13). The largest absolute Gasteiger partial charge is 0.445 e. The molecule has 0 aromatic heterocycles. The van der Waals surface area contributed by atoms with Crippen molar-refractivity contribution in [2.24, 2.45) is 0 Å². The molecule has 1 rings (SSSR count). The van der Waals surface area contributed by atoms with Crippen molar-refractivity contribution in [2.75, 3.05) is 13.2 Å². The van der Waals surface area contributed by atoms with E-state index in [1.807, 2.05) is 13.0 Å². The Morgan fingerprint density at radius 1 is 1.57 bits per heavy atom. The second kappa shape index (κ2) is 6.24. The maximum atomic E-state index is 11.1. The second-order valence-corrected chi connectivity index (χ2v) is 3.26. The van der Waals surface area contributed by atoms with Gasteiger partial charge in [-0.3, -0.25) is 0 Å². The molecular weight excluding hydrogens is 178 g/mol. The van der Waals surface area contributed by atoms with Crippen molar-refractivity contribution in [2.45, 2.75) is 26.2 Å². The number of ether oxygens (including phenoxy) is 1. The SMILES string of the molecule is CCCNC(=O)OCC1=CCCC=C1. The van der Waals surface area contributed by atoms with E-state index in [4.69, 9.17) is 4.74 Å². The molecule has 0 atom stereocenters. The summed E-state index contributed by atoms with van der Waals surface area (Å²) in [6, 6.07) is 0. The summed E-state index contributed by atoms with van der Waals surface area (Å²) in [6.07, 6.45) is 8.95. The zero-order valence-electron chi connectivity index (χ0n) is 8.58. The van der Waals surface area contributed by atoms with Crippen molar-refractivity contribution >= 4 is 6.09 Å². The van der Waals surface area contributed by atoms with Crippen molar-refractivity contribution < 1.29 is 9.53 Å². The van der Waals surface area contributed by atoms with Crippen LogP contribution in [-0.4, -0.2) is 19.2 Å². The molecule has 3 nitrogen and oxygen atoms in total. The molecule has 1 amide bonds. The fourth-order valence-corrected chi connectivity index (χ4v) is 1.20. The fourth-order valence-electron chi connectivity index (χ4n) is 1.20. The van der Waals surface area contributed by atoms with Crippen molar-refractivity contribution in [3.05, 3.63) is 23.8 Å². The number of amides is 1. The van der Waals surface area contributed by atoms with E-state index in [0.717, 1.165) is 24.8 Å². The van der Waals surface area contributed by atoms with Gasteiger partial charge in [0.25, 0.3) is 0 Å². The van der Waals surface area contributed by atoms with E-state index < -0.39 is 0 Å². The van der Waals surface area contributed by atoms with E-state index in [1.165, 1.54) is 0 Å². The summed E-state index contributed by atoms with van der Waals surface area (Å²) in [4.78, 5) is 11.1. The number of carbonyl (C=O) groups is 1. The van der Waals surface area contributed by atoms with Gasteiger partial charge < -0.3 is 10.1 Å². The lowest BCUT2D eigenvalue weighted by Crippen LogP contribution is -2.25. The number of hydrogen-bond acceptors (Lipinski definition) is 2. The number of hydrogen-bond donors (Lipinski definition) is 1. The van der Waals surface area contributed by atoms with Gasteiger partial charge in [-0.25, -0.2) is 4.79 Å². The van der Waals surface area contributed by atoms with Crippen LogP contribution in [0.4, 0.5) is 4.79 Å². The minimum Gasteiger partial charge on any atom is -0.445 e. The van der Waals surface area contributed by atoms with Crippen LogP contribution in [-0.2, 0) is 4.74 Å². The first-order valence-electron chi connectivity index (χ1n) is 5.09. The molecule has 0 aliphatic heterocycles. The highest BCUT2D eigenvalue weighted by Crippen LogP contribution is 2.09. The fraction of sp³-hybridized carbons (Fsp3) is 0.545. The predicted octanol–water partition coefficient (Wildman–Crippen LogP) is 2.40. The van der Waals surface area contributed by atoms with Gasteiger partial charge in [0, 0.05) is 6.54 Å². The Hall–Kier alpha value is -1.25. The molecule has 0 heterocycles. The number of rotatable bonds is 4. The summed E-state index contributed by atoms with van der Waals surface area (Å²) in [5, 5.41) is 2.66. The van der Waals surface area contributed by atoms with E-state index in [-0.39, 0.29) is 6.09 Å². The molecular formula is C11H17NO2. The van der Waals surface area contributed by atoms with Crippen LogP contribution in [0.2, 0.25) is 0 Å². The maximum Gasteiger partial charge on any atom is 0.407 e. The van der Waals surface area contributed by atoms with Crippen molar-refractivity contribution in [1.82, 2.24) is 5.32 Å². The molecule has 0 radical (unpaired) electrons. The minimum atomic E-state index is -0.327. The lowest BCUT2D eigenvalue weighted by Gasteiger charge is -2.08. The molecule has 3 heteroatoms. The molecule has 78 valence electrons. The Kier molecular flexibility index (Phi) is 4.83. The highest BCUT2D eigenvalue weighted by atomic mass is 16.5. The van der Waals surface area contributed by atoms with Gasteiger partial charge in [-0.1, -0.05) is 25.2 Å². The van der Waals surface area contributed by atoms with Gasteiger partial charge >= 0.3 is 6.09 Å². The third kappa shape index (κ3) is 4.12. The number of alkyl carbamates (subject to hydrolysis) is 1. The second-order valence-electron chi connectivity index (χ2n) is 3.26. The molecule has 1 aliphatic carbocycles. The number of allylic oxidation sites excluding steroid dienone is 2. The molecule has 0 saturated heterocycles. The van der Waals surface area contributed by atoms with E-state index in [2.05, 4.69) is 17.5 Å². The van der Waals surface area contributed by atoms with Gasteiger partial charge in [-0.05, 0) is 24.8 Å². The topological polar surface area (TPSA) is 38.3 Å². The molecule has 0 aromatic rings. The Balaban J connectivity index is 2.16. The van der Waals surface area contributed by atoms with Crippen LogP contribution in [0.25, 0.3) is 0 Å². The Morgan fingerprint density at radius 3 is 3.07 bits per heavy atom. The predicted molar refractivity (Wildman–Crippen MR) is 56.1 cm³/mol. The molecule has 0 bridgehead atoms. The third-order valence-electron chi connectivity index (χ3n) is 1.96. The highest BCUT2D eigenvalue weighted by Gasteiger charge is 2.02. The van der Waals surface area contributed by atoms with Crippen LogP contribution >= 0.6 is 0 Å². The Labute approximate surface area is 84.8 Å². The van der Waals surface area contributed by atoms with E-state index in [0.29, 0.717) is 13.2 Å². The normalized spacial score (nSPS) is 14.8. The van der Waals surface area contributed by atoms with Crippen molar-refractivity contribution in [3.8, 4) is 0 Å². The first-order valence-corrected chi connectivity index (χ1v) is 5.09. The van der Waals surface area contributed by atoms with Crippen LogP contribution in [0.1, 0.15) is 26.2 Å². The van der Waals surface area contributed by atoms with E-state index in [9.17, 15) is 4.79 Å². The summed E-state index contributed by atoms with van der Waals surface area (Å²) in [5.74, 6) is 0. The quantitative estimate of drug-likeness (QED) is 0.748. The lowest BCUT2D eigenvalue weighted by atomic mass is 10.1. The highest BCUT2D eigenvalue weighted by molar-refractivity contribution is 5.67. The van der Waals surface area contributed by atoms with Gasteiger partial charge in [0.05, 0.1) is 0 Å². The first kappa shape index (κ1) is 10.8. The van der Waals surface area contributed by atoms with Gasteiger partial charge in [-0.15, -0.1) is 0 Å². The molecule has 0 fully saturated rings. The smallest absolute Gasteiger partial charge is 0.407 e. The summed E-state index contributed by atoms with van der Waals surface area (Å²) < 4.78 is 5.01. The first-order chi connectivity index (χ1) is 6.83. The summed E-state index contributed by atoms with van der Waals surface area (Å²) in [7, 11) is 0. The van der Waals surface area contributed by atoms with Crippen LogP contribution in [0.15, 0.2) is 23.8 Å². The molecule has 1 N–H and O–H groups in total. The molecule has 0 unspecified atom stereocenters. The summed E-state index contributed by atoms with van der Waals surface area (Å²) in [5.41, 5.74) is 1.09. The van der Waals surface area contributed by atoms with Gasteiger partial charge in [-0.2, -0.15) is 0 Å². The minimum absolute atomic E-state index is 0.327. The Morgan fingerprint density at radius 2 is 2.43 bits per heavy atom. The van der Waals surface area contributed by atoms with Gasteiger partial charge in [0.1, 0.15) is 6.61 Å². The molecule has 0 spiro atoms. The zero-order chi connectivity index (χ0) is 10.2. The number of nitrogens with one attached hydrogen (secondary N) is 1. The summed E-state index contributed by atoms with van der Waals surface area (Å²) >= 11 is 0. The van der Waals surface area contributed by atoms with Gasteiger partial charge in [0.2, 0.25) is 0 Å². The molecule has 14 heavy (non-hydrogen) atoms. The average molecular weight is 195 g/mol. The monoisotopic (exact) mass is 195 g/mol. The number of carbonyl (C=O) groups excluding carboxylic acids is 1. The maximum absolute atomic E-state index is 11.1. The molecule has 0 aromatic carbocycles. The zero-order valence-corrected chi connectivity index (χ0v) is 8.58. The van der Waals surface area contributed by atoms with Crippen LogP contribution in [0.5, 0.6) is 0 Å². The van der Waals surface area contributed by atoms with Crippen LogP contribution in [0.3, 0.4) is 0 Å². The lowest BCUT2D eigenvalue weighted by molar-refractivity contribution is 0.156. The Bertz CT molecular complexity index is 244. The summed E-state index contributed by atoms with van der Waals surface area (Å²) in [6.45, 7) is 3.06. The third-order valence-corrected chi connectivity index (χ3v) is 1.96. The molecule has 1 aliphatic rings. The van der Waals surface area contributed by atoms with Crippen LogP contribution in [0, 0.1) is 0 Å². The van der Waals surface area contributed by atoms with Crippen molar-refractivity contribution in [1.29, 1.82) is 0 Å².